The first kappa shape index (κ1) is 20.6. The van der Waals surface area contributed by atoms with Crippen LogP contribution >= 0.6 is 0 Å². The van der Waals surface area contributed by atoms with Gasteiger partial charge in [0, 0.05) is 37.0 Å². The van der Waals surface area contributed by atoms with Gasteiger partial charge in [0.05, 0.1) is 24.7 Å². The Bertz CT molecular complexity index is 1090. The van der Waals surface area contributed by atoms with E-state index in [1.165, 1.54) is 0 Å². The van der Waals surface area contributed by atoms with Gasteiger partial charge < -0.3 is 24.7 Å². The summed E-state index contributed by atoms with van der Waals surface area (Å²) in [7, 11) is 1.90. The highest BCUT2D eigenvalue weighted by molar-refractivity contribution is 5.69. The monoisotopic (exact) mass is 422 g/mol. The standard InChI is InChI=1S/C22H26N6O3/c1-22(2,3)31-21(29)26-17-8-10-30-18-11-14(5-6-15(17)18)16-7-9-23-20(25-16)27-19-12-28(4)13-24-19/h5-7,9,11-13,17H,8,10H2,1-4H3,(H,26,29)(H,23,25,27). The first-order valence-corrected chi connectivity index (χ1v) is 10.1. The van der Waals surface area contributed by atoms with Crippen LogP contribution in [0.4, 0.5) is 16.6 Å². The number of hydrogen-bond acceptors (Lipinski definition) is 7. The van der Waals surface area contributed by atoms with E-state index in [9.17, 15) is 4.79 Å². The summed E-state index contributed by atoms with van der Waals surface area (Å²) in [6.07, 6.45) is 5.49. The molecule has 1 amide bonds. The molecule has 1 unspecified atom stereocenters. The molecule has 2 N–H and O–H groups in total. The number of benzene rings is 1. The first-order chi connectivity index (χ1) is 14.8. The van der Waals surface area contributed by atoms with Crippen LogP contribution in [0.15, 0.2) is 43.0 Å². The number of imidazole rings is 1. The van der Waals surface area contributed by atoms with E-state index in [1.54, 1.807) is 12.5 Å². The molecule has 0 radical (unpaired) electrons. The third kappa shape index (κ3) is 5.11. The normalized spacial score (nSPS) is 15.5. The number of nitrogens with one attached hydrogen (secondary N) is 2. The highest BCUT2D eigenvalue weighted by atomic mass is 16.6. The maximum Gasteiger partial charge on any atom is 0.408 e. The van der Waals surface area contributed by atoms with E-state index < -0.39 is 11.7 Å². The van der Waals surface area contributed by atoms with Crippen molar-refractivity contribution in [3.63, 3.8) is 0 Å². The topological polar surface area (TPSA) is 103 Å². The van der Waals surface area contributed by atoms with Crippen LogP contribution < -0.4 is 15.4 Å². The summed E-state index contributed by atoms with van der Waals surface area (Å²) >= 11 is 0. The molecule has 1 atom stereocenters. The number of carbonyl (C=O) groups is 1. The maximum atomic E-state index is 12.2. The number of amides is 1. The average Bonchev–Trinajstić information content (AvgIpc) is 3.11. The molecule has 0 aliphatic carbocycles. The third-order valence-corrected chi connectivity index (χ3v) is 4.64. The van der Waals surface area contributed by atoms with E-state index in [0.29, 0.717) is 24.8 Å². The minimum absolute atomic E-state index is 0.167. The van der Waals surface area contributed by atoms with E-state index in [2.05, 4.69) is 25.6 Å². The van der Waals surface area contributed by atoms with Crippen molar-refractivity contribution in [3.8, 4) is 17.0 Å². The molecular formula is C22H26N6O3. The van der Waals surface area contributed by atoms with E-state index in [-0.39, 0.29) is 6.04 Å². The van der Waals surface area contributed by atoms with Crippen LogP contribution in [0.25, 0.3) is 11.3 Å². The zero-order valence-electron chi connectivity index (χ0n) is 18.0. The van der Waals surface area contributed by atoms with Gasteiger partial charge in [0.25, 0.3) is 0 Å². The van der Waals surface area contributed by atoms with Crippen molar-refractivity contribution in [1.82, 2.24) is 24.8 Å². The summed E-state index contributed by atoms with van der Waals surface area (Å²) in [5, 5.41) is 6.04. The number of alkyl carbamates (subject to hydrolysis) is 1. The van der Waals surface area contributed by atoms with Crippen molar-refractivity contribution in [2.24, 2.45) is 7.05 Å². The van der Waals surface area contributed by atoms with Crippen molar-refractivity contribution in [2.75, 3.05) is 11.9 Å². The van der Waals surface area contributed by atoms with Crippen molar-refractivity contribution in [1.29, 1.82) is 0 Å². The number of fused-ring (bicyclic) bond motifs is 1. The molecule has 9 heteroatoms. The lowest BCUT2D eigenvalue weighted by molar-refractivity contribution is 0.0491. The van der Waals surface area contributed by atoms with Gasteiger partial charge >= 0.3 is 6.09 Å². The van der Waals surface area contributed by atoms with Crippen molar-refractivity contribution in [3.05, 3.63) is 48.5 Å². The molecule has 4 rings (SSSR count). The molecule has 1 aromatic carbocycles. The average molecular weight is 422 g/mol. The Morgan fingerprint density at radius 2 is 2.10 bits per heavy atom. The Labute approximate surface area is 180 Å². The second-order valence-corrected chi connectivity index (χ2v) is 8.40. The number of rotatable bonds is 4. The third-order valence-electron chi connectivity index (χ3n) is 4.64. The SMILES string of the molecule is Cn1cnc(Nc2nccc(-c3ccc4c(c3)OCCC4NC(=O)OC(C)(C)C)n2)c1. The van der Waals surface area contributed by atoms with Gasteiger partial charge in [-0.25, -0.2) is 19.7 Å². The lowest BCUT2D eigenvalue weighted by atomic mass is 9.98. The summed E-state index contributed by atoms with van der Waals surface area (Å²) < 4.78 is 13.1. The largest absolute Gasteiger partial charge is 0.493 e. The van der Waals surface area contributed by atoms with Crippen LogP contribution in [-0.2, 0) is 11.8 Å². The second-order valence-electron chi connectivity index (χ2n) is 8.40. The van der Waals surface area contributed by atoms with Crippen molar-refractivity contribution >= 4 is 17.9 Å². The molecule has 0 spiro atoms. The van der Waals surface area contributed by atoms with Crippen molar-refractivity contribution < 1.29 is 14.3 Å². The summed E-state index contributed by atoms with van der Waals surface area (Å²) in [4.78, 5) is 25.3. The fourth-order valence-corrected chi connectivity index (χ4v) is 3.32. The summed E-state index contributed by atoms with van der Waals surface area (Å²) in [6, 6.07) is 7.53. The Morgan fingerprint density at radius 3 is 2.84 bits per heavy atom. The Kier molecular flexibility index (Phi) is 5.50. The van der Waals surface area contributed by atoms with Gasteiger partial charge in [-0.2, -0.15) is 0 Å². The predicted molar refractivity (Wildman–Crippen MR) is 116 cm³/mol. The lowest BCUT2D eigenvalue weighted by Crippen LogP contribution is -2.36. The molecule has 0 saturated heterocycles. The fourth-order valence-electron chi connectivity index (χ4n) is 3.32. The zero-order chi connectivity index (χ0) is 22.0. The van der Waals surface area contributed by atoms with E-state index in [1.807, 2.05) is 62.8 Å². The first-order valence-electron chi connectivity index (χ1n) is 10.1. The minimum atomic E-state index is -0.546. The van der Waals surface area contributed by atoms with Crippen LogP contribution in [0, 0.1) is 0 Å². The minimum Gasteiger partial charge on any atom is -0.493 e. The van der Waals surface area contributed by atoms with Gasteiger partial charge in [-0.05, 0) is 32.9 Å². The molecule has 1 aliphatic heterocycles. The van der Waals surface area contributed by atoms with Crippen LogP contribution in [0.3, 0.4) is 0 Å². The molecule has 9 nitrogen and oxygen atoms in total. The van der Waals surface area contributed by atoms with Gasteiger partial charge in [-0.1, -0.05) is 12.1 Å². The number of aryl methyl sites for hydroxylation is 1. The van der Waals surface area contributed by atoms with Gasteiger partial charge in [0.15, 0.2) is 5.82 Å². The van der Waals surface area contributed by atoms with E-state index in [4.69, 9.17) is 9.47 Å². The zero-order valence-corrected chi connectivity index (χ0v) is 18.0. The number of aromatic nitrogens is 4. The molecule has 2 aromatic heterocycles. The summed E-state index contributed by atoms with van der Waals surface area (Å²) in [5.41, 5.74) is 2.02. The smallest absolute Gasteiger partial charge is 0.408 e. The molecule has 1 aliphatic rings. The molecule has 0 bridgehead atoms. The summed E-state index contributed by atoms with van der Waals surface area (Å²) in [6.45, 7) is 6.04. The number of anilines is 2. The highest BCUT2D eigenvalue weighted by Gasteiger charge is 2.26. The molecule has 3 heterocycles. The number of hydrogen-bond donors (Lipinski definition) is 2. The predicted octanol–water partition coefficient (Wildman–Crippen LogP) is 3.97. The Balaban J connectivity index is 1.53. The Morgan fingerprint density at radius 1 is 1.26 bits per heavy atom. The second kappa shape index (κ2) is 8.25. The van der Waals surface area contributed by atoms with E-state index >= 15 is 0 Å². The number of carbonyl (C=O) groups excluding carboxylic acids is 1. The fraction of sp³-hybridized carbons (Fsp3) is 0.364. The number of nitrogens with zero attached hydrogens (tertiary/aromatic N) is 4. The van der Waals surface area contributed by atoms with Gasteiger partial charge in [0.1, 0.15) is 11.4 Å². The van der Waals surface area contributed by atoms with Gasteiger partial charge in [0.2, 0.25) is 5.95 Å². The van der Waals surface area contributed by atoms with Crippen LogP contribution in [-0.4, -0.2) is 37.8 Å². The van der Waals surface area contributed by atoms with Crippen LogP contribution in [0.2, 0.25) is 0 Å². The molecule has 162 valence electrons. The molecule has 3 aromatic rings. The van der Waals surface area contributed by atoms with Crippen LogP contribution in [0.5, 0.6) is 5.75 Å². The lowest BCUT2D eigenvalue weighted by Gasteiger charge is -2.28. The maximum absolute atomic E-state index is 12.2. The molecule has 0 saturated carbocycles. The summed E-state index contributed by atoms with van der Waals surface area (Å²) in [5.74, 6) is 1.85. The van der Waals surface area contributed by atoms with Crippen molar-refractivity contribution in [2.45, 2.75) is 38.8 Å². The van der Waals surface area contributed by atoms with Gasteiger partial charge in [-0.3, -0.25) is 0 Å². The van der Waals surface area contributed by atoms with E-state index in [0.717, 1.165) is 22.6 Å². The Hall–Kier alpha value is -3.62. The molecule has 0 fully saturated rings. The highest BCUT2D eigenvalue weighted by Crippen LogP contribution is 2.35. The molecular weight excluding hydrogens is 396 g/mol. The van der Waals surface area contributed by atoms with Gasteiger partial charge in [-0.15, -0.1) is 0 Å². The van der Waals surface area contributed by atoms with Crippen LogP contribution in [0.1, 0.15) is 38.8 Å². The quantitative estimate of drug-likeness (QED) is 0.656. The number of ether oxygens (including phenoxy) is 2. The molecule has 31 heavy (non-hydrogen) atoms.